The fourth-order valence-electron chi connectivity index (χ4n) is 2.48. The Morgan fingerprint density at radius 1 is 1.33 bits per heavy atom. The molecule has 2 saturated heterocycles. The Bertz CT molecular complexity index is 238. The summed E-state index contributed by atoms with van der Waals surface area (Å²) in [4.78, 5) is 14.1. The standard InChI is InChI=1S/C12H20N2O/c1-2-10-4-7-14(8-5-10)12(15)11-3-6-13-9-11/h2,10-11,13H,1,3-9H2. The molecule has 1 amide bonds. The number of hydrogen-bond acceptors (Lipinski definition) is 2. The molecule has 0 aromatic carbocycles. The van der Waals surface area contributed by atoms with E-state index < -0.39 is 0 Å². The molecule has 1 atom stereocenters. The van der Waals surface area contributed by atoms with Crippen LogP contribution in [0.3, 0.4) is 0 Å². The van der Waals surface area contributed by atoms with Crippen molar-refractivity contribution in [3.63, 3.8) is 0 Å². The number of carbonyl (C=O) groups excluding carboxylic acids is 1. The van der Waals surface area contributed by atoms with Gasteiger partial charge in [-0.1, -0.05) is 6.08 Å². The van der Waals surface area contributed by atoms with Crippen LogP contribution in [-0.2, 0) is 4.79 Å². The van der Waals surface area contributed by atoms with E-state index in [0.717, 1.165) is 45.4 Å². The molecule has 3 nitrogen and oxygen atoms in total. The van der Waals surface area contributed by atoms with Gasteiger partial charge in [0, 0.05) is 19.6 Å². The van der Waals surface area contributed by atoms with Gasteiger partial charge in [-0.3, -0.25) is 4.79 Å². The van der Waals surface area contributed by atoms with Crippen molar-refractivity contribution in [1.82, 2.24) is 10.2 Å². The van der Waals surface area contributed by atoms with Gasteiger partial charge in [0.15, 0.2) is 0 Å². The molecular formula is C12H20N2O. The van der Waals surface area contributed by atoms with E-state index in [1.165, 1.54) is 0 Å². The number of piperidine rings is 1. The first kappa shape index (κ1) is 10.7. The second-order valence-electron chi connectivity index (χ2n) is 4.59. The van der Waals surface area contributed by atoms with E-state index in [1.807, 2.05) is 11.0 Å². The van der Waals surface area contributed by atoms with Gasteiger partial charge in [0.25, 0.3) is 0 Å². The lowest BCUT2D eigenvalue weighted by Crippen LogP contribution is -2.42. The third-order valence-corrected chi connectivity index (χ3v) is 3.59. The molecule has 3 heteroatoms. The van der Waals surface area contributed by atoms with Crippen LogP contribution in [0.15, 0.2) is 12.7 Å². The van der Waals surface area contributed by atoms with Gasteiger partial charge in [-0.25, -0.2) is 0 Å². The molecule has 0 saturated carbocycles. The molecule has 2 fully saturated rings. The summed E-state index contributed by atoms with van der Waals surface area (Å²) in [6.07, 6.45) is 5.23. The number of carbonyl (C=O) groups is 1. The highest BCUT2D eigenvalue weighted by Gasteiger charge is 2.29. The largest absolute Gasteiger partial charge is 0.342 e. The SMILES string of the molecule is C=CC1CCN(C(=O)C2CCNC2)CC1. The second-order valence-corrected chi connectivity index (χ2v) is 4.59. The van der Waals surface area contributed by atoms with Crippen molar-refractivity contribution in [3.05, 3.63) is 12.7 Å². The first-order chi connectivity index (χ1) is 7.31. The predicted molar refractivity (Wildman–Crippen MR) is 60.5 cm³/mol. The summed E-state index contributed by atoms with van der Waals surface area (Å²) in [7, 11) is 0. The van der Waals surface area contributed by atoms with E-state index in [9.17, 15) is 4.79 Å². The van der Waals surface area contributed by atoms with Gasteiger partial charge in [0.05, 0.1) is 5.92 Å². The molecule has 15 heavy (non-hydrogen) atoms. The summed E-state index contributed by atoms with van der Waals surface area (Å²) in [6.45, 7) is 7.54. The minimum Gasteiger partial charge on any atom is -0.342 e. The highest BCUT2D eigenvalue weighted by Crippen LogP contribution is 2.20. The van der Waals surface area contributed by atoms with E-state index in [-0.39, 0.29) is 5.92 Å². The molecule has 0 bridgehead atoms. The zero-order valence-electron chi connectivity index (χ0n) is 9.24. The Morgan fingerprint density at radius 2 is 2.07 bits per heavy atom. The van der Waals surface area contributed by atoms with Crippen LogP contribution in [0.5, 0.6) is 0 Å². The zero-order valence-corrected chi connectivity index (χ0v) is 9.24. The fourth-order valence-corrected chi connectivity index (χ4v) is 2.48. The van der Waals surface area contributed by atoms with Crippen molar-refractivity contribution in [1.29, 1.82) is 0 Å². The van der Waals surface area contributed by atoms with Crippen LogP contribution >= 0.6 is 0 Å². The van der Waals surface area contributed by atoms with Gasteiger partial charge >= 0.3 is 0 Å². The maximum atomic E-state index is 12.1. The van der Waals surface area contributed by atoms with E-state index >= 15 is 0 Å². The van der Waals surface area contributed by atoms with Gasteiger partial charge in [-0.2, -0.15) is 0 Å². The van der Waals surface area contributed by atoms with Crippen molar-refractivity contribution >= 4 is 5.91 Å². The average Bonchev–Trinajstić information content (AvgIpc) is 2.82. The quantitative estimate of drug-likeness (QED) is 0.687. The van der Waals surface area contributed by atoms with E-state index in [2.05, 4.69) is 11.9 Å². The lowest BCUT2D eigenvalue weighted by atomic mass is 9.96. The minimum atomic E-state index is 0.241. The highest BCUT2D eigenvalue weighted by molar-refractivity contribution is 5.79. The Morgan fingerprint density at radius 3 is 2.60 bits per heavy atom. The second kappa shape index (κ2) is 4.79. The molecule has 1 unspecified atom stereocenters. The summed E-state index contributed by atoms with van der Waals surface area (Å²) in [5.41, 5.74) is 0. The normalized spacial score (nSPS) is 28.0. The molecule has 0 aliphatic carbocycles. The van der Waals surface area contributed by atoms with Crippen molar-refractivity contribution in [3.8, 4) is 0 Å². The van der Waals surface area contributed by atoms with Gasteiger partial charge in [0.2, 0.25) is 5.91 Å². The topological polar surface area (TPSA) is 32.3 Å². The van der Waals surface area contributed by atoms with Gasteiger partial charge in [-0.05, 0) is 31.7 Å². The Balaban J connectivity index is 1.84. The molecular weight excluding hydrogens is 188 g/mol. The maximum absolute atomic E-state index is 12.1. The lowest BCUT2D eigenvalue weighted by Gasteiger charge is -2.32. The van der Waals surface area contributed by atoms with Crippen LogP contribution in [0.25, 0.3) is 0 Å². The van der Waals surface area contributed by atoms with Crippen LogP contribution < -0.4 is 5.32 Å². The first-order valence-electron chi connectivity index (χ1n) is 5.93. The van der Waals surface area contributed by atoms with Gasteiger partial charge in [0.1, 0.15) is 0 Å². The number of hydrogen-bond donors (Lipinski definition) is 1. The van der Waals surface area contributed by atoms with Gasteiger partial charge in [-0.15, -0.1) is 6.58 Å². The van der Waals surface area contributed by atoms with Crippen LogP contribution in [0.2, 0.25) is 0 Å². The number of rotatable bonds is 2. The molecule has 84 valence electrons. The molecule has 0 aromatic heterocycles. The Hall–Kier alpha value is -0.830. The van der Waals surface area contributed by atoms with Gasteiger partial charge < -0.3 is 10.2 Å². The number of likely N-dealkylation sites (tertiary alicyclic amines) is 1. The summed E-state index contributed by atoms with van der Waals surface area (Å²) in [5, 5.41) is 3.25. The summed E-state index contributed by atoms with van der Waals surface area (Å²) in [5.74, 6) is 1.23. The van der Waals surface area contributed by atoms with Crippen molar-refractivity contribution < 1.29 is 4.79 Å². The summed E-state index contributed by atoms with van der Waals surface area (Å²) in [6, 6.07) is 0. The van der Waals surface area contributed by atoms with Crippen LogP contribution in [-0.4, -0.2) is 37.0 Å². The molecule has 2 heterocycles. The molecule has 0 radical (unpaired) electrons. The summed E-state index contributed by atoms with van der Waals surface area (Å²) >= 11 is 0. The zero-order chi connectivity index (χ0) is 10.7. The predicted octanol–water partition coefficient (Wildman–Crippen LogP) is 1.02. The molecule has 2 rings (SSSR count). The number of nitrogens with zero attached hydrogens (tertiary/aromatic N) is 1. The average molecular weight is 208 g/mol. The molecule has 1 N–H and O–H groups in total. The maximum Gasteiger partial charge on any atom is 0.227 e. The Labute approximate surface area is 91.5 Å². The molecule has 2 aliphatic heterocycles. The summed E-state index contributed by atoms with van der Waals surface area (Å²) < 4.78 is 0. The number of nitrogens with one attached hydrogen (secondary N) is 1. The lowest BCUT2D eigenvalue weighted by molar-refractivity contribution is -0.136. The number of amides is 1. The smallest absolute Gasteiger partial charge is 0.227 e. The van der Waals surface area contributed by atoms with E-state index in [4.69, 9.17) is 0 Å². The van der Waals surface area contributed by atoms with Crippen molar-refractivity contribution in [2.24, 2.45) is 11.8 Å². The fraction of sp³-hybridized carbons (Fsp3) is 0.750. The first-order valence-corrected chi connectivity index (χ1v) is 5.93. The van der Waals surface area contributed by atoms with Crippen LogP contribution in [0.1, 0.15) is 19.3 Å². The van der Waals surface area contributed by atoms with Crippen molar-refractivity contribution in [2.75, 3.05) is 26.2 Å². The highest BCUT2D eigenvalue weighted by atomic mass is 16.2. The molecule has 0 spiro atoms. The molecule has 0 aromatic rings. The van der Waals surface area contributed by atoms with Crippen molar-refractivity contribution in [2.45, 2.75) is 19.3 Å². The number of allylic oxidation sites excluding steroid dienone is 1. The van der Waals surface area contributed by atoms with E-state index in [0.29, 0.717) is 11.8 Å². The minimum absolute atomic E-state index is 0.241. The Kier molecular flexibility index (Phi) is 3.41. The monoisotopic (exact) mass is 208 g/mol. The van der Waals surface area contributed by atoms with E-state index in [1.54, 1.807) is 0 Å². The van der Waals surface area contributed by atoms with Crippen LogP contribution in [0.4, 0.5) is 0 Å². The van der Waals surface area contributed by atoms with Crippen LogP contribution in [0, 0.1) is 11.8 Å². The molecule has 2 aliphatic rings. The third kappa shape index (κ3) is 2.40. The third-order valence-electron chi connectivity index (χ3n) is 3.59.